The van der Waals surface area contributed by atoms with Gasteiger partial charge in [-0.1, -0.05) is 105 Å². The van der Waals surface area contributed by atoms with Gasteiger partial charge in [0.05, 0.1) is 30.0 Å². The maximum absolute atomic E-state index is 14.0. The molecule has 3 aromatic rings. The van der Waals surface area contributed by atoms with E-state index in [0.717, 1.165) is 5.56 Å². The molecule has 1 aliphatic rings. The number of ether oxygens (including phenoxy) is 3. The summed E-state index contributed by atoms with van der Waals surface area (Å²) in [7, 11) is 1.50. The van der Waals surface area contributed by atoms with E-state index in [1.54, 1.807) is 37.3 Å². The van der Waals surface area contributed by atoms with E-state index in [4.69, 9.17) is 37.4 Å². The SMILES string of the molecule is COc1ccc(C[C@H]2NC(=O)C=CC[C@@H]([C@H](C)[C@@H](O)[C@@H](Cl)c3ccccc3)OC(=O)[C@H](CC(C)C)OC(=O)C[C@@H](Cc3ccccc3)NC2=O)cc1Cl. The lowest BCUT2D eigenvalue weighted by atomic mass is 9.90. The van der Waals surface area contributed by atoms with Crippen LogP contribution in [0.1, 0.15) is 62.1 Å². The van der Waals surface area contributed by atoms with Crippen LogP contribution >= 0.6 is 23.2 Å². The van der Waals surface area contributed by atoms with E-state index in [-0.39, 0.29) is 38.0 Å². The molecule has 10 nitrogen and oxygen atoms in total. The molecule has 7 atom stereocenters. The zero-order valence-corrected chi connectivity index (χ0v) is 31.9. The Balaban J connectivity index is 1.68. The molecule has 284 valence electrons. The number of cyclic esters (lactones) is 2. The number of aliphatic hydroxyl groups excluding tert-OH is 1. The summed E-state index contributed by atoms with van der Waals surface area (Å²) in [6, 6.07) is 21.6. The molecule has 0 fully saturated rings. The lowest BCUT2D eigenvalue weighted by molar-refractivity contribution is -0.176. The number of esters is 2. The number of benzene rings is 3. The zero-order valence-electron chi connectivity index (χ0n) is 30.4. The third kappa shape index (κ3) is 12.6. The van der Waals surface area contributed by atoms with Crippen LogP contribution in [0, 0.1) is 11.8 Å². The Bertz CT molecular complexity index is 1700. The predicted molar refractivity (Wildman–Crippen MR) is 204 cm³/mol. The first-order valence-electron chi connectivity index (χ1n) is 17.7. The van der Waals surface area contributed by atoms with Crippen molar-refractivity contribution in [2.24, 2.45) is 11.8 Å². The van der Waals surface area contributed by atoms with E-state index in [9.17, 15) is 24.3 Å². The van der Waals surface area contributed by atoms with Gasteiger partial charge in [-0.05, 0) is 53.7 Å². The van der Waals surface area contributed by atoms with Gasteiger partial charge in [0.25, 0.3) is 0 Å². The minimum Gasteiger partial charge on any atom is -0.495 e. The first kappa shape index (κ1) is 41.4. The van der Waals surface area contributed by atoms with Gasteiger partial charge < -0.3 is 30.0 Å². The highest BCUT2D eigenvalue weighted by atomic mass is 35.5. The molecule has 1 aliphatic heterocycles. The van der Waals surface area contributed by atoms with Crippen LogP contribution in [0.25, 0.3) is 0 Å². The molecule has 4 rings (SSSR count). The zero-order chi connectivity index (χ0) is 38.5. The van der Waals surface area contributed by atoms with Crippen LogP contribution in [0.15, 0.2) is 91.0 Å². The molecule has 3 N–H and O–H groups in total. The Kier molecular flexibility index (Phi) is 15.8. The van der Waals surface area contributed by atoms with Crippen molar-refractivity contribution in [3.63, 3.8) is 0 Å². The lowest BCUT2D eigenvalue weighted by Crippen LogP contribution is -2.51. The van der Waals surface area contributed by atoms with E-state index in [1.807, 2.05) is 62.4 Å². The van der Waals surface area contributed by atoms with Crippen molar-refractivity contribution in [1.82, 2.24) is 10.6 Å². The Labute approximate surface area is 321 Å². The van der Waals surface area contributed by atoms with Crippen LogP contribution in [-0.4, -0.2) is 66.4 Å². The maximum atomic E-state index is 14.0. The summed E-state index contributed by atoms with van der Waals surface area (Å²) in [6.07, 6.45) is -0.318. The van der Waals surface area contributed by atoms with Crippen molar-refractivity contribution in [3.05, 3.63) is 113 Å². The number of aliphatic hydroxyl groups is 1. The predicted octanol–water partition coefficient (Wildman–Crippen LogP) is 6.30. The quantitative estimate of drug-likeness (QED) is 0.153. The fourth-order valence-electron chi connectivity index (χ4n) is 6.13. The number of alkyl halides is 1. The minimum absolute atomic E-state index is 0.0161. The fourth-order valence-corrected chi connectivity index (χ4v) is 6.78. The molecule has 1 heterocycles. The smallest absolute Gasteiger partial charge is 0.347 e. The first-order valence-corrected chi connectivity index (χ1v) is 18.6. The summed E-state index contributed by atoms with van der Waals surface area (Å²) in [6.45, 7) is 5.47. The molecular weight excluding hydrogens is 719 g/mol. The van der Waals surface area contributed by atoms with E-state index < -0.39 is 65.4 Å². The third-order valence-corrected chi connectivity index (χ3v) is 9.85. The largest absolute Gasteiger partial charge is 0.495 e. The molecule has 0 unspecified atom stereocenters. The molecule has 53 heavy (non-hydrogen) atoms. The summed E-state index contributed by atoms with van der Waals surface area (Å²) in [4.78, 5) is 54.6. The summed E-state index contributed by atoms with van der Waals surface area (Å²) in [5.74, 6) is -2.90. The van der Waals surface area contributed by atoms with Gasteiger partial charge in [0.15, 0.2) is 6.10 Å². The van der Waals surface area contributed by atoms with Gasteiger partial charge in [0.2, 0.25) is 11.8 Å². The van der Waals surface area contributed by atoms with Crippen LogP contribution in [0.3, 0.4) is 0 Å². The van der Waals surface area contributed by atoms with E-state index in [2.05, 4.69) is 10.6 Å². The molecule has 0 spiro atoms. The van der Waals surface area contributed by atoms with Gasteiger partial charge in [-0.25, -0.2) is 4.79 Å². The number of nitrogens with one attached hydrogen (secondary N) is 2. The van der Waals surface area contributed by atoms with E-state index >= 15 is 0 Å². The lowest BCUT2D eigenvalue weighted by Gasteiger charge is -2.31. The van der Waals surface area contributed by atoms with Crippen molar-refractivity contribution in [2.45, 2.75) is 88.6 Å². The van der Waals surface area contributed by atoms with Crippen molar-refractivity contribution in [1.29, 1.82) is 0 Å². The van der Waals surface area contributed by atoms with E-state index in [1.165, 1.54) is 19.3 Å². The molecular formula is C41H48Cl2N2O8. The third-order valence-electron chi connectivity index (χ3n) is 9.04. The monoisotopic (exact) mass is 766 g/mol. The van der Waals surface area contributed by atoms with Crippen LogP contribution < -0.4 is 15.4 Å². The van der Waals surface area contributed by atoms with Gasteiger partial charge in [-0.3, -0.25) is 14.4 Å². The molecule has 0 saturated carbocycles. The summed E-state index contributed by atoms with van der Waals surface area (Å²) >= 11 is 13.1. The molecule has 0 aromatic heterocycles. The maximum Gasteiger partial charge on any atom is 0.347 e. The first-order chi connectivity index (χ1) is 25.3. The van der Waals surface area contributed by atoms with Crippen molar-refractivity contribution in [2.75, 3.05) is 7.11 Å². The molecule has 0 saturated heterocycles. The summed E-state index contributed by atoms with van der Waals surface area (Å²) in [5, 5.41) is 16.6. The molecule has 0 aliphatic carbocycles. The number of amides is 2. The normalized spacial score (nSPS) is 22.2. The average molecular weight is 768 g/mol. The number of rotatable bonds is 11. The number of hydrogen-bond donors (Lipinski definition) is 3. The molecule has 12 heteroatoms. The highest BCUT2D eigenvalue weighted by molar-refractivity contribution is 6.32. The number of carbonyl (C=O) groups excluding carboxylic acids is 4. The van der Waals surface area contributed by atoms with Gasteiger partial charge in [0, 0.05) is 24.8 Å². The second-order valence-corrected chi connectivity index (χ2v) is 14.6. The Hall–Kier alpha value is -4.38. The second-order valence-electron chi connectivity index (χ2n) is 13.7. The number of carbonyl (C=O) groups is 4. The Morgan fingerprint density at radius 3 is 2.21 bits per heavy atom. The van der Waals surface area contributed by atoms with Gasteiger partial charge >= 0.3 is 11.9 Å². The number of halogens is 2. The highest BCUT2D eigenvalue weighted by Gasteiger charge is 2.36. The van der Waals surface area contributed by atoms with Gasteiger partial charge in [-0.15, -0.1) is 11.6 Å². The topological polar surface area (TPSA) is 140 Å². The van der Waals surface area contributed by atoms with Gasteiger partial charge in [-0.2, -0.15) is 0 Å². The number of methoxy groups -OCH3 is 1. The van der Waals surface area contributed by atoms with Gasteiger partial charge in [0.1, 0.15) is 17.9 Å². The second kappa shape index (κ2) is 20.2. The fraction of sp³-hybridized carbons (Fsp3) is 0.415. The Morgan fingerprint density at radius 2 is 1.57 bits per heavy atom. The van der Waals surface area contributed by atoms with E-state index in [0.29, 0.717) is 21.9 Å². The van der Waals surface area contributed by atoms with Crippen LogP contribution in [0.2, 0.25) is 5.02 Å². The highest BCUT2D eigenvalue weighted by Crippen LogP contribution is 2.32. The molecule has 3 aromatic carbocycles. The Morgan fingerprint density at radius 1 is 0.887 bits per heavy atom. The average Bonchev–Trinajstić information content (AvgIpc) is 3.13. The van der Waals surface area contributed by atoms with Crippen LogP contribution in [0.5, 0.6) is 5.75 Å². The van der Waals surface area contributed by atoms with Crippen molar-refractivity contribution in [3.8, 4) is 5.75 Å². The standard InChI is InChI=1S/C41H48Cl2N2O8/c1-25(2)20-35-41(50)53-33(26(3)39(48)38(43)29-14-9-6-10-15-29)16-11-17-36(46)45-32(23-28-18-19-34(51-4)31(42)22-28)40(49)44-30(24-37(47)52-35)21-27-12-7-5-8-13-27/h5-15,17-19,22,25-26,30,32-33,35,38-39,48H,16,20-21,23-24H2,1-4H3,(H,44,49)(H,45,46)/t26-,30+,32+,33-,35-,38-,39+/m0/s1. The summed E-state index contributed by atoms with van der Waals surface area (Å²) in [5.41, 5.74) is 2.20. The van der Waals surface area contributed by atoms with Crippen LogP contribution in [0.4, 0.5) is 0 Å². The molecule has 2 amide bonds. The molecule has 0 bridgehead atoms. The minimum atomic E-state index is -1.25. The number of hydrogen-bond acceptors (Lipinski definition) is 8. The van der Waals surface area contributed by atoms with Crippen molar-refractivity contribution >= 4 is 47.0 Å². The van der Waals surface area contributed by atoms with Crippen molar-refractivity contribution < 1.29 is 38.5 Å². The summed E-state index contributed by atoms with van der Waals surface area (Å²) < 4.78 is 17.0. The van der Waals surface area contributed by atoms with Crippen LogP contribution in [-0.2, 0) is 41.5 Å². The molecule has 0 radical (unpaired) electrons.